The maximum atomic E-state index is 6.79. The van der Waals surface area contributed by atoms with Crippen LogP contribution in [0.2, 0.25) is 0 Å². The summed E-state index contributed by atoms with van der Waals surface area (Å²) in [7, 11) is 0. The number of rotatable bonds is 5. The molecule has 56 heavy (non-hydrogen) atoms. The first-order chi connectivity index (χ1) is 27.7. The van der Waals surface area contributed by atoms with Crippen LogP contribution in [0, 0.1) is 0 Å². The molecule has 0 aliphatic carbocycles. The van der Waals surface area contributed by atoms with Gasteiger partial charge in [-0.1, -0.05) is 121 Å². The molecule has 0 fully saturated rings. The molecule has 262 valence electrons. The number of hydrogen-bond donors (Lipinski definition) is 0. The Hall–Kier alpha value is -7.14. The highest BCUT2D eigenvalue weighted by Gasteiger charge is 2.26. The van der Waals surface area contributed by atoms with E-state index < -0.39 is 0 Å². The van der Waals surface area contributed by atoms with E-state index in [2.05, 4.69) is 181 Å². The molecule has 0 spiro atoms. The molecular formula is C52H31NO2S. The normalized spacial score (nSPS) is 12.1. The number of nitrogens with zero attached hydrogens (tertiary/aromatic N) is 1. The molecule has 4 heteroatoms. The maximum Gasteiger partial charge on any atom is 0.136 e. The molecule has 3 heterocycles. The molecule has 0 atom stereocenters. The summed E-state index contributed by atoms with van der Waals surface area (Å²) in [6, 6.07) is 67.2. The lowest BCUT2D eigenvalue weighted by molar-refractivity contribution is 0.487. The van der Waals surface area contributed by atoms with Gasteiger partial charge in [0.1, 0.15) is 22.7 Å². The van der Waals surface area contributed by atoms with E-state index in [9.17, 15) is 0 Å². The van der Waals surface area contributed by atoms with E-state index in [1.54, 1.807) is 0 Å². The summed E-state index contributed by atoms with van der Waals surface area (Å²) < 4.78 is 15.6. The van der Waals surface area contributed by atoms with Gasteiger partial charge in [-0.15, -0.1) is 11.3 Å². The Morgan fingerprint density at radius 3 is 1.96 bits per heavy atom. The predicted octanol–water partition coefficient (Wildman–Crippen LogP) is 15.7. The summed E-state index contributed by atoms with van der Waals surface area (Å²) >= 11 is 1.85. The van der Waals surface area contributed by atoms with Crippen molar-refractivity contribution in [2.75, 3.05) is 4.90 Å². The molecule has 0 unspecified atom stereocenters. The van der Waals surface area contributed by atoms with Gasteiger partial charge in [0.05, 0.1) is 11.4 Å². The third-order valence-electron chi connectivity index (χ3n) is 11.3. The fraction of sp³-hybridized carbons (Fsp3) is 0. The molecule has 0 N–H and O–H groups in total. The molecule has 11 aromatic rings. The van der Waals surface area contributed by atoms with Crippen LogP contribution in [0.1, 0.15) is 0 Å². The molecule has 0 bridgehead atoms. The first-order valence-corrected chi connectivity index (χ1v) is 19.7. The van der Waals surface area contributed by atoms with E-state index in [-0.39, 0.29) is 0 Å². The number of anilines is 3. The van der Waals surface area contributed by atoms with Gasteiger partial charge in [0.15, 0.2) is 0 Å². The van der Waals surface area contributed by atoms with Crippen LogP contribution in [0.5, 0.6) is 11.5 Å². The van der Waals surface area contributed by atoms with Crippen LogP contribution in [0.3, 0.4) is 0 Å². The van der Waals surface area contributed by atoms with Crippen molar-refractivity contribution < 1.29 is 9.15 Å². The van der Waals surface area contributed by atoms with Gasteiger partial charge >= 0.3 is 0 Å². The highest BCUT2D eigenvalue weighted by Crippen LogP contribution is 2.53. The number of furan rings is 1. The van der Waals surface area contributed by atoms with E-state index in [0.29, 0.717) is 0 Å². The second-order valence-corrected chi connectivity index (χ2v) is 15.5. The summed E-state index contributed by atoms with van der Waals surface area (Å²) in [5.41, 5.74) is 12.0. The van der Waals surface area contributed by atoms with Crippen LogP contribution in [-0.2, 0) is 0 Å². The quantitative estimate of drug-likeness (QED) is 0.176. The van der Waals surface area contributed by atoms with Crippen LogP contribution < -0.4 is 9.64 Å². The smallest absolute Gasteiger partial charge is 0.136 e. The molecule has 9 aromatic carbocycles. The summed E-state index contributed by atoms with van der Waals surface area (Å²) in [5.74, 6) is 1.73. The van der Waals surface area contributed by atoms with Crippen LogP contribution in [0.4, 0.5) is 17.1 Å². The van der Waals surface area contributed by atoms with Gasteiger partial charge < -0.3 is 14.1 Å². The third kappa shape index (κ3) is 4.76. The predicted molar refractivity (Wildman–Crippen MR) is 235 cm³/mol. The maximum absolute atomic E-state index is 6.79. The van der Waals surface area contributed by atoms with Gasteiger partial charge in [-0.25, -0.2) is 0 Å². The molecule has 3 nitrogen and oxygen atoms in total. The lowest BCUT2D eigenvalue weighted by Crippen LogP contribution is -2.11. The first-order valence-electron chi connectivity index (χ1n) is 18.9. The average Bonchev–Trinajstić information content (AvgIpc) is 3.83. The van der Waals surface area contributed by atoms with Crippen molar-refractivity contribution in [3.8, 4) is 44.9 Å². The number of para-hydroxylation sites is 1. The molecule has 2 aromatic heterocycles. The Morgan fingerprint density at radius 1 is 0.375 bits per heavy atom. The second-order valence-electron chi connectivity index (χ2n) is 14.4. The fourth-order valence-corrected chi connectivity index (χ4v) is 9.85. The van der Waals surface area contributed by atoms with Crippen molar-refractivity contribution in [3.05, 3.63) is 188 Å². The van der Waals surface area contributed by atoms with Gasteiger partial charge in [-0.05, 0) is 94.5 Å². The molecule has 0 saturated heterocycles. The summed E-state index contributed by atoms with van der Waals surface area (Å²) in [4.78, 5) is 2.44. The Kier molecular flexibility index (Phi) is 6.80. The van der Waals surface area contributed by atoms with Gasteiger partial charge in [-0.3, -0.25) is 0 Å². The van der Waals surface area contributed by atoms with E-state index in [1.807, 2.05) is 23.5 Å². The monoisotopic (exact) mass is 733 g/mol. The first kappa shape index (κ1) is 31.2. The van der Waals surface area contributed by atoms with E-state index >= 15 is 0 Å². The zero-order chi connectivity index (χ0) is 36.7. The van der Waals surface area contributed by atoms with Crippen molar-refractivity contribution in [1.29, 1.82) is 0 Å². The van der Waals surface area contributed by atoms with Crippen LogP contribution in [0.15, 0.2) is 192 Å². The molecule has 1 aliphatic heterocycles. The minimum Gasteiger partial charge on any atom is -0.456 e. The number of thiophene rings is 1. The Labute approximate surface area is 326 Å². The highest BCUT2D eigenvalue weighted by molar-refractivity contribution is 7.26. The Balaban J connectivity index is 1.10. The molecule has 0 amide bonds. The standard InChI is InChI=1S/C52H31NO2S/c1-3-11-32(12-4-1)34-21-24-38-39-16-9-17-40-43(26-28-47(51(39)40)55-48(38)29-34)53(36-23-27-46-42(31-36)37-15-7-8-19-45(37)54-46)44-18-10-20-49-52(44)41-25-22-35(30-50(41)56-49)33-13-5-2-6-14-33/h1-31H. The van der Waals surface area contributed by atoms with Crippen molar-refractivity contribution in [3.63, 3.8) is 0 Å². The largest absolute Gasteiger partial charge is 0.456 e. The van der Waals surface area contributed by atoms with Gasteiger partial charge in [0.2, 0.25) is 0 Å². The molecular weight excluding hydrogens is 703 g/mol. The topological polar surface area (TPSA) is 25.6 Å². The van der Waals surface area contributed by atoms with Crippen molar-refractivity contribution >= 4 is 81.3 Å². The zero-order valence-electron chi connectivity index (χ0n) is 30.1. The minimum atomic E-state index is 0.862. The van der Waals surface area contributed by atoms with Gasteiger partial charge in [0, 0.05) is 53.0 Å². The molecule has 0 radical (unpaired) electrons. The van der Waals surface area contributed by atoms with Crippen LogP contribution in [0.25, 0.3) is 86.3 Å². The lowest BCUT2D eigenvalue weighted by Gasteiger charge is -2.30. The lowest BCUT2D eigenvalue weighted by atomic mass is 9.92. The van der Waals surface area contributed by atoms with E-state index in [1.165, 1.54) is 42.4 Å². The summed E-state index contributed by atoms with van der Waals surface area (Å²) in [6.07, 6.45) is 0. The zero-order valence-corrected chi connectivity index (χ0v) is 30.9. The van der Waals surface area contributed by atoms with E-state index in [0.717, 1.165) is 72.4 Å². The Bertz CT molecular complexity index is 3340. The average molecular weight is 734 g/mol. The Morgan fingerprint density at radius 2 is 1.11 bits per heavy atom. The van der Waals surface area contributed by atoms with Crippen LogP contribution in [-0.4, -0.2) is 0 Å². The molecule has 0 saturated carbocycles. The fourth-order valence-electron chi connectivity index (χ4n) is 8.69. The van der Waals surface area contributed by atoms with Gasteiger partial charge in [-0.2, -0.15) is 0 Å². The summed E-state index contributed by atoms with van der Waals surface area (Å²) in [5, 5.41) is 6.91. The molecule has 12 rings (SSSR count). The van der Waals surface area contributed by atoms with Crippen molar-refractivity contribution in [1.82, 2.24) is 0 Å². The number of benzene rings is 9. The van der Waals surface area contributed by atoms with Crippen LogP contribution >= 0.6 is 11.3 Å². The van der Waals surface area contributed by atoms with E-state index in [4.69, 9.17) is 9.15 Å². The third-order valence-corrected chi connectivity index (χ3v) is 12.4. The summed E-state index contributed by atoms with van der Waals surface area (Å²) in [6.45, 7) is 0. The van der Waals surface area contributed by atoms with Crippen molar-refractivity contribution in [2.24, 2.45) is 0 Å². The number of fused-ring (bicyclic) bond motifs is 8. The number of ether oxygens (including phenoxy) is 1. The molecule has 1 aliphatic rings. The SMILES string of the molecule is c1ccc(-c2ccc3c(c2)Oc2ccc(N(c4ccc5oc6ccccc6c5c4)c4cccc5sc6cc(-c7ccccc7)ccc6c45)c4cccc-3c24)cc1. The van der Waals surface area contributed by atoms with Gasteiger partial charge in [0.25, 0.3) is 0 Å². The second kappa shape index (κ2) is 12.2. The highest BCUT2D eigenvalue weighted by atomic mass is 32.1. The number of hydrogen-bond acceptors (Lipinski definition) is 4. The minimum absolute atomic E-state index is 0.862. The van der Waals surface area contributed by atoms with Crippen molar-refractivity contribution in [2.45, 2.75) is 0 Å².